The van der Waals surface area contributed by atoms with Gasteiger partial charge in [-0.05, 0) is 42.0 Å². The van der Waals surface area contributed by atoms with E-state index in [4.69, 9.17) is 10.00 Å². The minimum Gasteiger partial charge on any atom is -0.460 e. The van der Waals surface area contributed by atoms with Gasteiger partial charge >= 0.3 is 12.1 Å². The first kappa shape index (κ1) is 17.3. The maximum Gasteiger partial charge on any atom is 0.416 e. The fourth-order valence-corrected chi connectivity index (χ4v) is 1.89. The molecule has 0 amide bonds. The molecule has 24 heavy (non-hydrogen) atoms. The van der Waals surface area contributed by atoms with Crippen LogP contribution in [0.4, 0.5) is 18.9 Å². The van der Waals surface area contributed by atoms with E-state index in [1.54, 1.807) is 24.3 Å². The van der Waals surface area contributed by atoms with Gasteiger partial charge in [0.25, 0.3) is 0 Å². The number of carbonyl (C=O) groups excluding carboxylic acids is 1. The van der Waals surface area contributed by atoms with Crippen LogP contribution >= 0.6 is 0 Å². The van der Waals surface area contributed by atoms with Crippen molar-refractivity contribution in [2.45, 2.75) is 12.8 Å². The van der Waals surface area contributed by atoms with Gasteiger partial charge in [-0.15, -0.1) is 0 Å². The van der Waals surface area contributed by atoms with Crippen molar-refractivity contribution in [2.75, 3.05) is 11.9 Å². The molecule has 0 heterocycles. The second-order valence-corrected chi connectivity index (χ2v) is 4.90. The summed E-state index contributed by atoms with van der Waals surface area (Å²) in [6.07, 6.45) is -4.43. The van der Waals surface area contributed by atoms with Gasteiger partial charge in [0.05, 0.1) is 17.2 Å². The highest BCUT2D eigenvalue weighted by atomic mass is 19.4. The molecule has 124 valence electrons. The molecule has 0 aromatic heterocycles. The van der Waals surface area contributed by atoms with Crippen molar-refractivity contribution < 1.29 is 22.7 Å². The third-order valence-electron chi connectivity index (χ3n) is 3.10. The van der Waals surface area contributed by atoms with Crippen molar-refractivity contribution in [1.29, 1.82) is 5.26 Å². The number of ether oxygens (including phenoxy) is 1. The normalized spacial score (nSPS) is 10.8. The monoisotopic (exact) mass is 334 g/mol. The predicted octanol–water partition coefficient (Wildman–Crippen LogP) is 3.73. The molecule has 2 rings (SSSR count). The zero-order chi connectivity index (χ0) is 17.6. The maximum atomic E-state index is 12.6. The Hall–Kier alpha value is -3.01. The third kappa shape index (κ3) is 5.02. The summed E-state index contributed by atoms with van der Waals surface area (Å²) in [5.41, 5.74) is 0.598. The van der Waals surface area contributed by atoms with Crippen LogP contribution < -0.4 is 5.32 Å². The zero-order valence-electron chi connectivity index (χ0n) is 12.4. The van der Waals surface area contributed by atoms with Crippen molar-refractivity contribution in [3.63, 3.8) is 0 Å². The Morgan fingerprint density at radius 3 is 2.50 bits per heavy atom. The van der Waals surface area contributed by atoms with Gasteiger partial charge in [0.2, 0.25) is 0 Å². The lowest BCUT2D eigenvalue weighted by atomic mass is 10.1. The molecule has 0 fully saturated rings. The molecule has 4 nitrogen and oxygen atoms in total. The van der Waals surface area contributed by atoms with Crippen LogP contribution in [0.2, 0.25) is 0 Å². The molecule has 0 aliphatic heterocycles. The van der Waals surface area contributed by atoms with Crippen molar-refractivity contribution in [3.05, 3.63) is 65.2 Å². The van der Waals surface area contributed by atoms with Crippen molar-refractivity contribution in [1.82, 2.24) is 0 Å². The van der Waals surface area contributed by atoms with Crippen molar-refractivity contribution in [3.8, 4) is 6.07 Å². The van der Waals surface area contributed by atoms with Crippen LogP contribution in [0.25, 0.3) is 0 Å². The van der Waals surface area contributed by atoms with E-state index < -0.39 is 17.7 Å². The number of rotatable bonds is 5. The zero-order valence-corrected chi connectivity index (χ0v) is 12.4. The number of carbonyl (C=O) groups is 1. The summed E-state index contributed by atoms with van der Waals surface area (Å²) in [6.45, 7) is -0.372. The highest BCUT2D eigenvalue weighted by molar-refractivity contribution is 5.75. The number of nitrogens with one attached hydrogen (secondary N) is 1. The van der Waals surface area contributed by atoms with Gasteiger partial charge in [0.15, 0.2) is 0 Å². The standard InChI is InChI=1S/C17H13F3N2O2/c18-17(19,20)14-3-1-2-13(8-14)11-24-16(23)10-22-15-6-4-12(9-21)5-7-15/h1-8,22H,10-11H2. The summed E-state index contributed by atoms with van der Waals surface area (Å²) >= 11 is 0. The van der Waals surface area contributed by atoms with Gasteiger partial charge in [-0.3, -0.25) is 4.79 Å². The van der Waals surface area contributed by atoms with Gasteiger partial charge in [0.1, 0.15) is 13.2 Å². The van der Waals surface area contributed by atoms with E-state index in [0.717, 1.165) is 12.1 Å². The molecule has 0 saturated heterocycles. The first-order valence-electron chi connectivity index (χ1n) is 6.94. The molecule has 0 saturated carbocycles. The Balaban J connectivity index is 1.84. The summed E-state index contributed by atoms with van der Waals surface area (Å²) in [5.74, 6) is -0.600. The van der Waals surface area contributed by atoms with E-state index in [1.165, 1.54) is 12.1 Å². The summed E-state index contributed by atoms with van der Waals surface area (Å²) in [7, 11) is 0. The molecule has 0 unspecified atom stereocenters. The van der Waals surface area contributed by atoms with Crippen LogP contribution in [0.3, 0.4) is 0 Å². The number of halogens is 3. The highest BCUT2D eigenvalue weighted by Crippen LogP contribution is 2.29. The first-order valence-corrected chi connectivity index (χ1v) is 6.94. The molecule has 0 spiro atoms. The van der Waals surface area contributed by atoms with Crippen molar-refractivity contribution in [2.24, 2.45) is 0 Å². The fraction of sp³-hybridized carbons (Fsp3) is 0.176. The molecular formula is C17H13F3N2O2. The first-order chi connectivity index (χ1) is 11.4. The SMILES string of the molecule is N#Cc1ccc(NCC(=O)OCc2cccc(C(F)(F)F)c2)cc1. The number of anilines is 1. The Morgan fingerprint density at radius 1 is 1.17 bits per heavy atom. The van der Waals surface area contributed by atoms with Crippen LogP contribution in [-0.4, -0.2) is 12.5 Å². The minimum absolute atomic E-state index is 0.134. The van der Waals surface area contributed by atoms with Crippen LogP contribution in [0.5, 0.6) is 0 Å². The number of alkyl halides is 3. The molecule has 0 aliphatic rings. The molecule has 0 atom stereocenters. The predicted molar refractivity (Wildman–Crippen MR) is 80.9 cm³/mol. The van der Waals surface area contributed by atoms with Gasteiger partial charge in [-0.1, -0.05) is 12.1 Å². The second-order valence-electron chi connectivity index (χ2n) is 4.90. The highest BCUT2D eigenvalue weighted by Gasteiger charge is 2.30. The Labute approximate surface area is 136 Å². The lowest BCUT2D eigenvalue weighted by Gasteiger charge is -2.10. The Kier molecular flexibility index (Phi) is 5.42. The smallest absolute Gasteiger partial charge is 0.416 e. The van der Waals surface area contributed by atoms with E-state index in [0.29, 0.717) is 11.3 Å². The number of hydrogen-bond acceptors (Lipinski definition) is 4. The topological polar surface area (TPSA) is 62.1 Å². The van der Waals surface area contributed by atoms with E-state index in [2.05, 4.69) is 5.32 Å². The Morgan fingerprint density at radius 2 is 1.88 bits per heavy atom. The number of nitriles is 1. The van der Waals surface area contributed by atoms with E-state index in [-0.39, 0.29) is 18.7 Å². The van der Waals surface area contributed by atoms with Crippen LogP contribution in [0.15, 0.2) is 48.5 Å². The molecule has 0 aliphatic carbocycles. The summed E-state index contributed by atoms with van der Waals surface area (Å²) in [4.78, 5) is 11.6. The van der Waals surface area contributed by atoms with Crippen LogP contribution in [-0.2, 0) is 22.3 Å². The van der Waals surface area contributed by atoms with Gasteiger partial charge in [0, 0.05) is 5.69 Å². The number of hydrogen-bond donors (Lipinski definition) is 1. The molecule has 0 bridgehead atoms. The van der Waals surface area contributed by atoms with E-state index in [1.807, 2.05) is 6.07 Å². The third-order valence-corrected chi connectivity index (χ3v) is 3.10. The number of benzene rings is 2. The van der Waals surface area contributed by atoms with Gasteiger partial charge in [-0.25, -0.2) is 0 Å². The average Bonchev–Trinajstić information content (AvgIpc) is 2.58. The lowest BCUT2D eigenvalue weighted by Crippen LogP contribution is -2.17. The molecule has 2 aromatic rings. The number of esters is 1. The lowest BCUT2D eigenvalue weighted by molar-refractivity contribution is -0.142. The van der Waals surface area contributed by atoms with E-state index in [9.17, 15) is 18.0 Å². The molecule has 1 N–H and O–H groups in total. The number of nitrogens with zero attached hydrogens (tertiary/aromatic N) is 1. The van der Waals surface area contributed by atoms with Crippen molar-refractivity contribution >= 4 is 11.7 Å². The largest absolute Gasteiger partial charge is 0.460 e. The molecule has 0 radical (unpaired) electrons. The summed E-state index contributed by atoms with van der Waals surface area (Å²) in [5, 5.41) is 11.5. The van der Waals surface area contributed by atoms with E-state index >= 15 is 0 Å². The maximum absolute atomic E-state index is 12.6. The van der Waals surface area contributed by atoms with Crippen LogP contribution in [0.1, 0.15) is 16.7 Å². The van der Waals surface area contributed by atoms with Gasteiger partial charge < -0.3 is 10.1 Å². The van der Waals surface area contributed by atoms with Crippen LogP contribution in [0, 0.1) is 11.3 Å². The second kappa shape index (κ2) is 7.51. The summed E-state index contributed by atoms with van der Waals surface area (Å²) < 4.78 is 42.7. The van der Waals surface area contributed by atoms with Gasteiger partial charge in [-0.2, -0.15) is 18.4 Å². The summed E-state index contributed by atoms with van der Waals surface area (Å²) in [6, 6.07) is 13.1. The average molecular weight is 334 g/mol. The molecule has 7 heteroatoms. The molecular weight excluding hydrogens is 321 g/mol. The fourth-order valence-electron chi connectivity index (χ4n) is 1.89. The quantitative estimate of drug-likeness (QED) is 0.846. The minimum atomic E-state index is -4.43. The molecule has 2 aromatic carbocycles. The Bertz CT molecular complexity index is 750.